The molecule has 3 heteroatoms. The van der Waals surface area contributed by atoms with Crippen LogP contribution in [0, 0.1) is 23.2 Å². The Kier molecular flexibility index (Phi) is 6.88. The molecule has 0 radical (unpaired) electrons. The van der Waals surface area contributed by atoms with Crippen LogP contribution in [0.1, 0.15) is 54.4 Å². The molecule has 1 fully saturated rings. The first-order valence-corrected chi connectivity index (χ1v) is 7.12. The van der Waals surface area contributed by atoms with E-state index < -0.39 is 11.0 Å². The summed E-state index contributed by atoms with van der Waals surface area (Å²) in [4.78, 5) is 21.9. The van der Waals surface area contributed by atoms with E-state index in [-0.39, 0.29) is 11.7 Å². The summed E-state index contributed by atoms with van der Waals surface area (Å²) in [6.45, 7) is 11.3. The van der Waals surface area contributed by atoms with E-state index in [1.807, 2.05) is 34.6 Å². The van der Waals surface area contributed by atoms with Crippen molar-refractivity contribution in [2.24, 2.45) is 11.3 Å². The monoisotopic (exact) mass is 278 g/mol. The molecule has 1 N–H and O–H groups in total. The summed E-state index contributed by atoms with van der Waals surface area (Å²) in [5.41, 5.74) is -1.16. The Hall–Kier alpha value is -1.40. The molecule has 1 aliphatic rings. The van der Waals surface area contributed by atoms with Gasteiger partial charge in [-0.15, -0.1) is 0 Å². The molecule has 0 aromatic rings. The van der Waals surface area contributed by atoms with Crippen LogP contribution in [0.2, 0.25) is 0 Å². The van der Waals surface area contributed by atoms with Gasteiger partial charge in [0.05, 0.1) is 0 Å². The Bertz CT molecular complexity index is 449. The molecule has 0 spiro atoms. The highest BCUT2D eigenvalue weighted by Gasteiger charge is 2.51. The predicted octanol–water partition coefficient (Wildman–Crippen LogP) is 2.92. The zero-order chi connectivity index (χ0) is 16.0. The number of ketones is 1. The fraction of sp³-hybridized carbons (Fsp3) is 0.647. The molecule has 0 amide bonds. The first-order valence-electron chi connectivity index (χ1n) is 7.12. The van der Waals surface area contributed by atoms with E-state index >= 15 is 0 Å². The highest BCUT2D eigenvalue weighted by molar-refractivity contribution is 5.81. The lowest BCUT2D eigenvalue weighted by Gasteiger charge is -2.46. The fourth-order valence-corrected chi connectivity index (χ4v) is 2.49. The van der Waals surface area contributed by atoms with Gasteiger partial charge in [-0.2, -0.15) is 0 Å². The molecule has 1 aliphatic carbocycles. The van der Waals surface area contributed by atoms with E-state index in [1.54, 1.807) is 6.92 Å². The minimum Gasteiger partial charge on any atom is -0.377 e. The van der Waals surface area contributed by atoms with Gasteiger partial charge in [0, 0.05) is 29.7 Å². The fourth-order valence-electron chi connectivity index (χ4n) is 2.49. The van der Waals surface area contributed by atoms with Crippen molar-refractivity contribution in [3.63, 3.8) is 0 Å². The van der Waals surface area contributed by atoms with Crippen LogP contribution in [0.5, 0.6) is 0 Å². The Balaban J connectivity index is 0.00000172. The zero-order valence-corrected chi connectivity index (χ0v) is 13.4. The van der Waals surface area contributed by atoms with E-state index in [1.165, 1.54) is 6.08 Å². The Morgan fingerprint density at radius 2 is 1.95 bits per heavy atom. The number of carbonyl (C=O) groups excluding carboxylic acids is 2. The van der Waals surface area contributed by atoms with Crippen molar-refractivity contribution in [3.05, 3.63) is 11.6 Å². The Morgan fingerprint density at radius 3 is 2.40 bits per heavy atom. The highest BCUT2D eigenvalue weighted by Crippen LogP contribution is 2.45. The van der Waals surface area contributed by atoms with Crippen LogP contribution in [-0.4, -0.2) is 22.8 Å². The normalized spacial score (nSPS) is 28.6. The molecule has 0 aromatic carbocycles. The third kappa shape index (κ3) is 4.05. The van der Waals surface area contributed by atoms with Gasteiger partial charge in [-0.05, 0) is 13.0 Å². The number of rotatable bonds is 1. The maximum Gasteiger partial charge on any atom is 0.143 e. The number of carbonyl (C=O) groups is 2. The molecule has 0 saturated heterocycles. The third-order valence-corrected chi connectivity index (χ3v) is 3.69. The molecule has 0 aromatic heterocycles. The van der Waals surface area contributed by atoms with Crippen LogP contribution in [-0.2, 0) is 9.59 Å². The van der Waals surface area contributed by atoms with Gasteiger partial charge in [-0.25, -0.2) is 0 Å². The van der Waals surface area contributed by atoms with Gasteiger partial charge in [0.15, 0.2) is 0 Å². The van der Waals surface area contributed by atoms with Crippen molar-refractivity contribution < 1.29 is 14.7 Å². The molecule has 1 saturated carbocycles. The Morgan fingerprint density at radius 1 is 1.40 bits per heavy atom. The molecule has 1 rings (SSSR count). The van der Waals surface area contributed by atoms with Gasteiger partial charge in [-0.3, -0.25) is 9.59 Å². The maximum atomic E-state index is 11.6. The molecular weight excluding hydrogens is 252 g/mol. The summed E-state index contributed by atoms with van der Waals surface area (Å²) in [6, 6.07) is 0. The van der Waals surface area contributed by atoms with Crippen LogP contribution in [0.3, 0.4) is 0 Å². The lowest BCUT2D eigenvalue weighted by atomic mass is 9.60. The predicted molar refractivity (Wildman–Crippen MR) is 81.1 cm³/mol. The van der Waals surface area contributed by atoms with Crippen molar-refractivity contribution in [1.29, 1.82) is 0 Å². The zero-order valence-electron chi connectivity index (χ0n) is 13.4. The Labute approximate surface area is 122 Å². The first-order chi connectivity index (χ1) is 9.23. The van der Waals surface area contributed by atoms with E-state index in [9.17, 15) is 14.7 Å². The summed E-state index contributed by atoms with van der Waals surface area (Å²) in [6.07, 6.45) is 2.72. The molecule has 3 nitrogen and oxygen atoms in total. The molecule has 20 heavy (non-hydrogen) atoms. The number of Topliss-reactive ketones (excluding diaryl/α,β-unsaturated/α-hetero) is 1. The average molecular weight is 278 g/mol. The van der Waals surface area contributed by atoms with Gasteiger partial charge < -0.3 is 5.11 Å². The van der Waals surface area contributed by atoms with E-state index in [4.69, 9.17) is 0 Å². The van der Waals surface area contributed by atoms with E-state index in [0.717, 1.165) is 0 Å². The van der Waals surface area contributed by atoms with Crippen molar-refractivity contribution >= 4 is 12.1 Å². The number of allylic oxidation sites excluding steroid dienone is 2. The molecule has 2 unspecified atom stereocenters. The van der Waals surface area contributed by atoms with Crippen LogP contribution >= 0.6 is 0 Å². The average Bonchev–Trinajstić information content (AvgIpc) is 2.36. The molecular formula is C17H26O3. The lowest BCUT2D eigenvalue weighted by Crippen LogP contribution is -2.53. The van der Waals surface area contributed by atoms with Crippen molar-refractivity contribution in [3.8, 4) is 11.8 Å². The third-order valence-electron chi connectivity index (χ3n) is 3.69. The summed E-state index contributed by atoms with van der Waals surface area (Å²) in [5, 5.41) is 10.8. The van der Waals surface area contributed by atoms with Gasteiger partial charge in [0.2, 0.25) is 0 Å². The van der Waals surface area contributed by atoms with Gasteiger partial charge in [-0.1, -0.05) is 46.5 Å². The van der Waals surface area contributed by atoms with E-state index in [0.29, 0.717) is 24.7 Å². The molecule has 2 atom stereocenters. The van der Waals surface area contributed by atoms with Crippen LogP contribution < -0.4 is 0 Å². The molecule has 0 aliphatic heterocycles. The number of hydrogen-bond donors (Lipinski definition) is 1. The smallest absolute Gasteiger partial charge is 0.143 e. The number of aliphatic hydroxyl groups is 1. The second kappa shape index (κ2) is 7.40. The lowest BCUT2D eigenvalue weighted by molar-refractivity contribution is -0.140. The molecule has 0 heterocycles. The second-order valence-electron chi connectivity index (χ2n) is 5.71. The standard InChI is InChI=1S/C15H20O3.C2H6/c1-11(6-8-16)5-7-15(18)12(2)9-13(17)10-14(15,3)4;1-2/h6,8,12,18H,9-10H2,1-4H3;1-2H3/b11-6-;. The van der Waals surface area contributed by atoms with Crippen molar-refractivity contribution in [2.45, 2.75) is 60.0 Å². The number of aldehydes is 1. The molecule has 112 valence electrons. The van der Waals surface area contributed by atoms with E-state index in [2.05, 4.69) is 11.8 Å². The largest absolute Gasteiger partial charge is 0.377 e. The minimum atomic E-state index is -1.20. The topological polar surface area (TPSA) is 54.4 Å². The van der Waals surface area contributed by atoms with Crippen molar-refractivity contribution in [1.82, 2.24) is 0 Å². The quantitative estimate of drug-likeness (QED) is 0.456. The van der Waals surface area contributed by atoms with Gasteiger partial charge in [0.25, 0.3) is 0 Å². The maximum absolute atomic E-state index is 11.6. The summed E-state index contributed by atoms with van der Waals surface area (Å²) in [7, 11) is 0. The first kappa shape index (κ1) is 18.6. The SMILES string of the molecule is C/C(C#CC1(O)C(C)CC(=O)CC1(C)C)=C/C=O.CC. The minimum absolute atomic E-state index is 0.166. The highest BCUT2D eigenvalue weighted by atomic mass is 16.3. The second-order valence-corrected chi connectivity index (χ2v) is 5.71. The van der Waals surface area contributed by atoms with Crippen LogP contribution in [0.15, 0.2) is 11.6 Å². The van der Waals surface area contributed by atoms with Crippen LogP contribution in [0.4, 0.5) is 0 Å². The van der Waals surface area contributed by atoms with Gasteiger partial charge in [0.1, 0.15) is 17.7 Å². The number of hydrogen-bond acceptors (Lipinski definition) is 3. The summed E-state index contributed by atoms with van der Waals surface area (Å²) < 4.78 is 0. The molecule has 0 bridgehead atoms. The van der Waals surface area contributed by atoms with Gasteiger partial charge >= 0.3 is 0 Å². The summed E-state index contributed by atoms with van der Waals surface area (Å²) in [5.74, 6) is 5.64. The summed E-state index contributed by atoms with van der Waals surface area (Å²) >= 11 is 0. The van der Waals surface area contributed by atoms with Crippen LogP contribution in [0.25, 0.3) is 0 Å². The van der Waals surface area contributed by atoms with Crippen molar-refractivity contribution in [2.75, 3.05) is 0 Å².